The number of methoxy groups -OCH3 is 1. The van der Waals surface area contributed by atoms with Gasteiger partial charge < -0.3 is 14.9 Å². The molecule has 1 heterocycles. The standard InChI is InChI=1S/C16H16N2O2S/c1-19-13-8-4-2-6-11(13)15(10-17)21-16-18-12-7-3-5-9-14(12)20-16/h2-9,15H,10,17H2,1H3. The van der Waals surface area contributed by atoms with Crippen LogP contribution in [0.3, 0.4) is 0 Å². The van der Waals surface area contributed by atoms with Crippen molar-refractivity contribution in [3.8, 4) is 5.75 Å². The summed E-state index contributed by atoms with van der Waals surface area (Å²) in [6, 6.07) is 15.6. The van der Waals surface area contributed by atoms with Crippen LogP contribution < -0.4 is 10.5 Å². The summed E-state index contributed by atoms with van der Waals surface area (Å²) in [5.74, 6) is 0.830. The van der Waals surface area contributed by atoms with Crippen LogP contribution in [0.4, 0.5) is 0 Å². The number of fused-ring (bicyclic) bond motifs is 1. The monoisotopic (exact) mass is 300 g/mol. The van der Waals surface area contributed by atoms with E-state index in [4.69, 9.17) is 14.9 Å². The lowest BCUT2D eigenvalue weighted by Gasteiger charge is -2.15. The lowest BCUT2D eigenvalue weighted by Crippen LogP contribution is -2.10. The Hall–Kier alpha value is -1.98. The number of nitrogens with two attached hydrogens (primary N) is 1. The van der Waals surface area contributed by atoms with Gasteiger partial charge in [-0.15, -0.1) is 0 Å². The largest absolute Gasteiger partial charge is 0.496 e. The zero-order valence-corrected chi connectivity index (χ0v) is 12.5. The van der Waals surface area contributed by atoms with Crippen LogP contribution in [0.5, 0.6) is 5.75 Å². The van der Waals surface area contributed by atoms with Crippen LogP contribution in [0.15, 0.2) is 58.2 Å². The van der Waals surface area contributed by atoms with Gasteiger partial charge in [0.25, 0.3) is 5.22 Å². The highest BCUT2D eigenvalue weighted by atomic mass is 32.2. The molecule has 0 saturated heterocycles. The molecule has 0 spiro atoms. The van der Waals surface area contributed by atoms with E-state index < -0.39 is 0 Å². The number of hydrogen-bond acceptors (Lipinski definition) is 5. The normalized spacial score (nSPS) is 12.5. The van der Waals surface area contributed by atoms with Gasteiger partial charge in [-0.3, -0.25) is 0 Å². The molecule has 4 nitrogen and oxygen atoms in total. The SMILES string of the molecule is COc1ccccc1C(CN)Sc1nc2ccccc2o1. The summed E-state index contributed by atoms with van der Waals surface area (Å²) >= 11 is 1.51. The Morgan fingerprint density at radius 2 is 1.95 bits per heavy atom. The minimum atomic E-state index is 0.0363. The maximum Gasteiger partial charge on any atom is 0.257 e. The van der Waals surface area contributed by atoms with Crippen molar-refractivity contribution in [3.05, 3.63) is 54.1 Å². The predicted octanol–water partition coefficient (Wildman–Crippen LogP) is 3.63. The van der Waals surface area contributed by atoms with Crippen molar-refractivity contribution >= 4 is 22.9 Å². The highest BCUT2D eigenvalue weighted by molar-refractivity contribution is 7.99. The van der Waals surface area contributed by atoms with Gasteiger partial charge in [0.15, 0.2) is 5.58 Å². The average molecular weight is 300 g/mol. The van der Waals surface area contributed by atoms with Gasteiger partial charge in [0.2, 0.25) is 0 Å². The van der Waals surface area contributed by atoms with E-state index in [0.29, 0.717) is 11.8 Å². The number of para-hydroxylation sites is 3. The second-order valence-electron chi connectivity index (χ2n) is 4.53. The van der Waals surface area contributed by atoms with Crippen LogP contribution in [-0.2, 0) is 0 Å². The molecule has 0 fully saturated rings. The summed E-state index contributed by atoms with van der Waals surface area (Å²) in [6.07, 6.45) is 0. The van der Waals surface area contributed by atoms with Gasteiger partial charge in [-0.25, -0.2) is 4.98 Å². The highest BCUT2D eigenvalue weighted by Gasteiger charge is 2.18. The Balaban J connectivity index is 1.90. The van der Waals surface area contributed by atoms with Gasteiger partial charge in [0.05, 0.1) is 12.4 Å². The van der Waals surface area contributed by atoms with Gasteiger partial charge in [-0.1, -0.05) is 42.1 Å². The first-order valence-corrected chi connectivity index (χ1v) is 7.55. The van der Waals surface area contributed by atoms with E-state index in [9.17, 15) is 0 Å². The number of hydrogen-bond donors (Lipinski definition) is 1. The Morgan fingerprint density at radius 1 is 1.19 bits per heavy atom. The molecule has 3 rings (SSSR count). The van der Waals surface area contributed by atoms with E-state index in [1.807, 2.05) is 48.5 Å². The van der Waals surface area contributed by atoms with Gasteiger partial charge in [0.1, 0.15) is 11.3 Å². The summed E-state index contributed by atoms with van der Waals surface area (Å²) in [6.45, 7) is 0.476. The fourth-order valence-corrected chi connectivity index (χ4v) is 3.14. The van der Waals surface area contributed by atoms with Crippen LogP contribution in [0.1, 0.15) is 10.8 Å². The molecule has 0 aliphatic carbocycles. The van der Waals surface area contributed by atoms with Crippen molar-refractivity contribution in [2.75, 3.05) is 13.7 Å². The van der Waals surface area contributed by atoms with Gasteiger partial charge in [-0.2, -0.15) is 0 Å². The van der Waals surface area contributed by atoms with E-state index in [0.717, 1.165) is 22.4 Å². The first kappa shape index (κ1) is 14.0. The van der Waals surface area contributed by atoms with Gasteiger partial charge in [0, 0.05) is 12.1 Å². The zero-order chi connectivity index (χ0) is 14.7. The van der Waals surface area contributed by atoms with Gasteiger partial charge >= 0.3 is 0 Å². The van der Waals surface area contributed by atoms with E-state index in [1.54, 1.807) is 7.11 Å². The summed E-state index contributed by atoms with van der Waals surface area (Å²) in [5, 5.41) is 0.659. The summed E-state index contributed by atoms with van der Waals surface area (Å²) in [4.78, 5) is 4.48. The quantitative estimate of drug-likeness (QED) is 0.729. The number of oxazole rings is 1. The molecule has 0 aliphatic rings. The highest BCUT2D eigenvalue weighted by Crippen LogP contribution is 2.39. The van der Waals surface area contributed by atoms with Crippen molar-refractivity contribution in [2.45, 2.75) is 10.5 Å². The topological polar surface area (TPSA) is 61.3 Å². The molecule has 0 radical (unpaired) electrons. The second-order valence-corrected chi connectivity index (χ2v) is 5.69. The molecular weight excluding hydrogens is 284 g/mol. The molecule has 21 heavy (non-hydrogen) atoms. The van der Waals surface area contributed by atoms with Crippen molar-refractivity contribution in [1.29, 1.82) is 0 Å². The van der Waals surface area contributed by atoms with E-state index >= 15 is 0 Å². The summed E-state index contributed by atoms with van der Waals surface area (Å²) in [5.41, 5.74) is 8.62. The first-order chi connectivity index (χ1) is 10.3. The Morgan fingerprint density at radius 3 is 2.71 bits per heavy atom. The van der Waals surface area contributed by atoms with Crippen LogP contribution in [0.25, 0.3) is 11.1 Å². The number of aromatic nitrogens is 1. The smallest absolute Gasteiger partial charge is 0.257 e. The average Bonchev–Trinajstić information content (AvgIpc) is 2.95. The fourth-order valence-electron chi connectivity index (χ4n) is 2.19. The molecular formula is C16H16N2O2S. The second kappa shape index (κ2) is 6.20. The number of benzene rings is 2. The minimum Gasteiger partial charge on any atom is -0.496 e. The summed E-state index contributed by atoms with van der Waals surface area (Å²) in [7, 11) is 1.66. The molecule has 1 aromatic heterocycles. The van der Waals surface area contributed by atoms with Crippen LogP contribution >= 0.6 is 11.8 Å². The first-order valence-electron chi connectivity index (χ1n) is 6.67. The molecule has 3 aromatic rings. The maximum absolute atomic E-state index is 5.92. The van der Waals surface area contributed by atoms with E-state index in [-0.39, 0.29) is 5.25 Å². The molecule has 1 atom stereocenters. The summed E-state index contributed by atoms with van der Waals surface area (Å²) < 4.78 is 11.2. The number of thioether (sulfide) groups is 1. The van der Waals surface area contributed by atoms with Crippen LogP contribution in [0, 0.1) is 0 Å². The Labute approximate surface area is 127 Å². The maximum atomic E-state index is 5.92. The van der Waals surface area contributed by atoms with Crippen molar-refractivity contribution in [3.63, 3.8) is 0 Å². The lowest BCUT2D eigenvalue weighted by molar-refractivity contribution is 0.409. The molecule has 0 amide bonds. The van der Waals surface area contributed by atoms with Crippen LogP contribution in [0.2, 0.25) is 0 Å². The minimum absolute atomic E-state index is 0.0363. The van der Waals surface area contributed by atoms with Crippen molar-refractivity contribution in [2.24, 2.45) is 5.73 Å². The third-order valence-corrected chi connectivity index (χ3v) is 4.32. The number of rotatable bonds is 5. The van der Waals surface area contributed by atoms with Crippen molar-refractivity contribution < 1.29 is 9.15 Å². The van der Waals surface area contributed by atoms with E-state index in [1.165, 1.54) is 11.8 Å². The third kappa shape index (κ3) is 2.89. The third-order valence-electron chi connectivity index (χ3n) is 3.22. The lowest BCUT2D eigenvalue weighted by atomic mass is 10.1. The van der Waals surface area contributed by atoms with Gasteiger partial charge in [-0.05, 0) is 18.2 Å². The Bertz CT molecular complexity index is 709. The molecule has 5 heteroatoms. The van der Waals surface area contributed by atoms with Crippen LogP contribution in [-0.4, -0.2) is 18.6 Å². The molecule has 108 valence electrons. The molecule has 0 aliphatic heterocycles. The predicted molar refractivity (Wildman–Crippen MR) is 84.7 cm³/mol. The molecule has 2 N–H and O–H groups in total. The number of ether oxygens (including phenoxy) is 1. The zero-order valence-electron chi connectivity index (χ0n) is 11.7. The molecule has 0 saturated carbocycles. The number of nitrogens with zero attached hydrogens (tertiary/aromatic N) is 1. The van der Waals surface area contributed by atoms with Crippen molar-refractivity contribution in [1.82, 2.24) is 4.98 Å². The molecule has 2 aromatic carbocycles. The molecule has 1 unspecified atom stereocenters. The molecule has 0 bridgehead atoms. The fraction of sp³-hybridized carbons (Fsp3) is 0.188. The Kier molecular flexibility index (Phi) is 4.13. The van der Waals surface area contributed by atoms with E-state index in [2.05, 4.69) is 4.98 Å².